The lowest BCUT2D eigenvalue weighted by Gasteiger charge is -2.15. The molecular formula is C22H21N3O6S. The average Bonchev–Trinajstić information content (AvgIpc) is 3.38. The van der Waals surface area contributed by atoms with E-state index in [-0.39, 0.29) is 5.91 Å². The first-order chi connectivity index (χ1) is 15.4. The van der Waals surface area contributed by atoms with Crippen LogP contribution in [-0.2, 0) is 4.79 Å². The number of aliphatic carboxylic acids is 1. The summed E-state index contributed by atoms with van der Waals surface area (Å²) in [6, 6.07) is 9.80. The maximum absolute atomic E-state index is 13.0. The highest BCUT2D eigenvalue weighted by atomic mass is 32.2. The predicted molar refractivity (Wildman–Crippen MR) is 122 cm³/mol. The fraction of sp³-hybridized carbons (Fsp3) is 0.227. The number of fused-ring (bicyclic) bond motifs is 1. The predicted octanol–water partition coefficient (Wildman–Crippen LogP) is 3.13. The van der Waals surface area contributed by atoms with Crippen molar-refractivity contribution in [3.63, 3.8) is 0 Å². The fourth-order valence-corrected chi connectivity index (χ4v) is 4.53. The van der Waals surface area contributed by atoms with Crippen molar-refractivity contribution >= 4 is 39.4 Å². The first kappa shape index (κ1) is 21.6. The van der Waals surface area contributed by atoms with Crippen molar-refractivity contribution in [3.05, 3.63) is 53.7 Å². The Bertz CT molecular complexity index is 1120. The highest BCUT2D eigenvalue weighted by Crippen LogP contribution is 2.42. The molecule has 9 nitrogen and oxygen atoms in total. The number of hydrogen-bond donors (Lipinski definition) is 2. The number of ether oxygens (including phenoxy) is 3. The van der Waals surface area contributed by atoms with Crippen LogP contribution in [0.5, 0.6) is 17.2 Å². The summed E-state index contributed by atoms with van der Waals surface area (Å²) in [6.07, 6.45) is 1.86. The number of carbonyl (C=O) groups excluding carboxylic acids is 1. The van der Waals surface area contributed by atoms with Crippen LogP contribution in [0.4, 0.5) is 5.69 Å². The van der Waals surface area contributed by atoms with Gasteiger partial charge in [0.05, 0.1) is 27.9 Å². The second kappa shape index (κ2) is 8.83. The van der Waals surface area contributed by atoms with Crippen molar-refractivity contribution in [2.75, 3.05) is 33.2 Å². The molecule has 2 heterocycles. The molecule has 1 amide bonds. The lowest BCUT2D eigenvalue weighted by Crippen LogP contribution is -2.25. The Kier molecular flexibility index (Phi) is 5.95. The van der Waals surface area contributed by atoms with Crippen molar-refractivity contribution < 1.29 is 28.9 Å². The number of carboxylic acids is 1. The number of aliphatic imine (C=N–C) groups is 1. The number of nitrogens with one attached hydrogen (secondary N) is 1. The van der Waals surface area contributed by atoms with Gasteiger partial charge in [-0.05, 0) is 30.0 Å². The number of rotatable bonds is 7. The molecule has 0 saturated carbocycles. The molecule has 32 heavy (non-hydrogen) atoms. The van der Waals surface area contributed by atoms with Gasteiger partial charge in [0.1, 0.15) is 0 Å². The third-order valence-electron chi connectivity index (χ3n) is 5.01. The molecular weight excluding hydrogens is 434 g/mol. The minimum absolute atomic E-state index is 0.293. The van der Waals surface area contributed by atoms with Crippen LogP contribution in [0.25, 0.3) is 4.91 Å². The largest absolute Gasteiger partial charge is 0.493 e. The van der Waals surface area contributed by atoms with Crippen LogP contribution in [0.2, 0.25) is 0 Å². The number of thioether (sulfide) groups is 1. The number of methoxy groups -OCH3 is 3. The zero-order valence-corrected chi connectivity index (χ0v) is 18.4. The highest BCUT2D eigenvalue weighted by molar-refractivity contribution is 8.22. The lowest BCUT2D eigenvalue weighted by atomic mass is 10.1. The number of hydrogen-bond acceptors (Lipinski definition) is 8. The summed E-state index contributed by atoms with van der Waals surface area (Å²) in [5.74, 6) is -0.123. The van der Waals surface area contributed by atoms with Crippen molar-refractivity contribution in [3.8, 4) is 17.2 Å². The molecule has 2 aromatic rings. The normalized spacial score (nSPS) is 16.7. The van der Waals surface area contributed by atoms with Crippen LogP contribution in [0, 0.1) is 0 Å². The van der Waals surface area contributed by atoms with Gasteiger partial charge in [-0.25, -0.2) is 9.79 Å². The molecule has 4 rings (SSSR count). The number of amidine groups is 1. The van der Waals surface area contributed by atoms with E-state index in [1.807, 2.05) is 29.3 Å². The number of benzene rings is 2. The second-order valence-electron chi connectivity index (χ2n) is 6.93. The molecule has 1 atom stereocenters. The average molecular weight is 455 g/mol. The van der Waals surface area contributed by atoms with Gasteiger partial charge in [-0.15, -0.1) is 0 Å². The van der Waals surface area contributed by atoms with Gasteiger partial charge in [0, 0.05) is 27.9 Å². The Morgan fingerprint density at radius 2 is 1.81 bits per heavy atom. The van der Waals surface area contributed by atoms with Crippen molar-refractivity contribution in [1.29, 1.82) is 0 Å². The molecule has 166 valence electrons. The Hall–Kier alpha value is -3.66. The topological polar surface area (TPSA) is 110 Å². The zero-order valence-electron chi connectivity index (χ0n) is 17.6. The van der Waals surface area contributed by atoms with Crippen LogP contribution >= 0.6 is 11.8 Å². The molecule has 2 aliphatic rings. The fourth-order valence-electron chi connectivity index (χ4n) is 3.44. The monoisotopic (exact) mass is 455 g/mol. The molecule has 0 aliphatic carbocycles. The summed E-state index contributed by atoms with van der Waals surface area (Å²) in [4.78, 5) is 31.2. The minimum atomic E-state index is -0.944. The molecule has 0 bridgehead atoms. The lowest BCUT2D eigenvalue weighted by molar-refractivity contribution is -0.138. The Labute approximate surface area is 188 Å². The number of anilines is 1. The molecule has 0 radical (unpaired) electrons. The Morgan fingerprint density at radius 1 is 1.12 bits per heavy atom. The van der Waals surface area contributed by atoms with Gasteiger partial charge in [0.25, 0.3) is 5.91 Å². The highest BCUT2D eigenvalue weighted by Gasteiger charge is 2.34. The summed E-state index contributed by atoms with van der Waals surface area (Å²) in [5, 5.41) is 12.7. The summed E-state index contributed by atoms with van der Waals surface area (Å²) in [7, 11) is 4.47. The third-order valence-corrected chi connectivity index (χ3v) is 6.08. The summed E-state index contributed by atoms with van der Waals surface area (Å²) < 4.78 is 16.0. The van der Waals surface area contributed by atoms with Crippen molar-refractivity contribution in [1.82, 2.24) is 4.90 Å². The smallest absolute Gasteiger partial charge is 0.330 e. The van der Waals surface area contributed by atoms with E-state index in [4.69, 9.17) is 14.2 Å². The van der Waals surface area contributed by atoms with Gasteiger partial charge in [-0.1, -0.05) is 18.2 Å². The van der Waals surface area contributed by atoms with E-state index >= 15 is 0 Å². The standard InChI is InChI=1S/C22H21N3O6S/c1-29-16-8-12(9-17(30-2)19(16)31-3)20(26)23-14-7-5-4-6-13(14)18-11-25-10-15(21(27)28)24-22(25)32-18/h4-9,11,15H,10H2,1-3H3,(H,23,26)(H,27,28). The van der Waals surface area contributed by atoms with Gasteiger partial charge in [0.2, 0.25) is 5.75 Å². The number of para-hydroxylation sites is 1. The van der Waals surface area contributed by atoms with E-state index in [1.54, 1.807) is 18.2 Å². The van der Waals surface area contributed by atoms with Gasteiger partial charge in [0.15, 0.2) is 22.7 Å². The second-order valence-corrected chi connectivity index (χ2v) is 7.94. The third kappa shape index (κ3) is 3.96. The van der Waals surface area contributed by atoms with E-state index in [2.05, 4.69) is 10.3 Å². The number of carbonyl (C=O) groups is 2. The Balaban J connectivity index is 1.59. The van der Waals surface area contributed by atoms with Gasteiger partial charge in [-0.2, -0.15) is 0 Å². The van der Waals surface area contributed by atoms with E-state index in [0.29, 0.717) is 40.2 Å². The summed E-state index contributed by atoms with van der Waals surface area (Å²) >= 11 is 1.38. The molecule has 0 fully saturated rings. The maximum Gasteiger partial charge on any atom is 0.330 e. The molecule has 1 unspecified atom stereocenters. The molecule has 10 heteroatoms. The first-order valence-corrected chi connectivity index (χ1v) is 10.4. The molecule has 0 saturated heterocycles. The minimum Gasteiger partial charge on any atom is -0.493 e. The quantitative estimate of drug-likeness (QED) is 0.655. The molecule has 0 aromatic heterocycles. The van der Waals surface area contributed by atoms with E-state index in [1.165, 1.54) is 33.1 Å². The number of carboxylic acid groups (broad SMARTS) is 1. The number of nitrogens with zero attached hydrogens (tertiary/aromatic N) is 2. The Morgan fingerprint density at radius 3 is 2.41 bits per heavy atom. The van der Waals surface area contributed by atoms with E-state index < -0.39 is 12.0 Å². The first-order valence-electron chi connectivity index (χ1n) is 9.62. The van der Waals surface area contributed by atoms with Crippen molar-refractivity contribution in [2.45, 2.75) is 6.04 Å². The van der Waals surface area contributed by atoms with Gasteiger partial charge >= 0.3 is 5.97 Å². The van der Waals surface area contributed by atoms with E-state index in [0.717, 1.165) is 10.5 Å². The molecule has 2 aliphatic heterocycles. The summed E-state index contributed by atoms with van der Waals surface area (Å²) in [6.45, 7) is 0.293. The SMILES string of the molecule is COc1cc(C(=O)Nc2ccccc2C2=CN3CC(C(=O)O)N=C3S2)cc(OC)c1OC. The van der Waals surface area contributed by atoms with Crippen LogP contribution in [-0.4, -0.2) is 61.0 Å². The van der Waals surface area contributed by atoms with Crippen LogP contribution in [0.3, 0.4) is 0 Å². The van der Waals surface area contributed by atoms with Crippen LogP contribution in [0.15, 0.2) is 47.6 Å². The van der Waals surface area contributed by atoms with Gasteiger partial charge in [-0.3, -0.25) is 4.79 Å². The van der Waals surface area contributed by atoms with Crippen LogP contribution < -0.4 is 19.5 Å². The molecule has 2 N–H and O–H groups in total. The molecule has 0 spiro atoms. The number of amides is 1. The van der Waals surface area contributed by atoms with Gasteiger partial charge < -0.3 is 29.5 Å². The van der Waals surface area contributed by atoms with Crippen molar-refractivity contribution in [2.24, 2.45) is 4.99 Å². The van der Waals surface area contributed by atoms with Crippen LogP contribution in [0.1, 0.15) is 15.9 Å². The summed E-state index contributed by atoms with van der Waals surface area (Å²) in [5.41, 5.74) is 1.76. The van der Waals surface area contributed by atoms with E-state index in [9.17, 15) is 14.7 Å². The maximum atomic E-state index is 13.0. The molecule has 2 aromatic carbocycles. The zero-order chi connectivity index (χ0) is 22.8.